The molecule has 0 aromatic heterocycles. The van der Waals surface area contributed by atoms with Crippen LogP contribution in [0.2, 0.25) is 0 Å². The number of benzene rings is 1. The Hall–Kier alpha value is -1.43. The minimum Gasteiger partial charge on any atom is -0.333 e. The maximum Gasteiger partial charge on any atom is 0.270 e. The number of alkyl halides is 1. The summed E-state index contributed by atoms with van der Waals surface area (Å²) in [6.07, 6.45) is 4.01. The summed E-state index contributed by atoms with van der Waals surface area (Å²) in [5, 5.41) is 10.9. The van der Waals surface area contributed by atoms with Gasteiger partial charge in [-0.15, -0.1) is 0 Å². The molecule has 21 heavy (non-hydrogen) atoms. The molecule has 2 aliphatic heterocycles. The number of piperidine rings is 1. The Kier molecular flexibility index (Phi) is 3.73. The molecule has 1 amide bonds. The molecular weight excluding hydrogens is 336 g/mol. The van der Waals surface area contributed by atoms with Gasteiger partial charge in [0.15, 0.2) is 0 Å². The van der Waals surface area contributed by atoms with Gasteiger partial charge < -0.3 is 4.90 Å². The van der Waals surface area contributed by atoms with Crippen LogP contribution >= 0.6 is 15.9 Å². The van der Waals surface area contributed by atoms with Gasteiger partial charge in [-0.1, -0.05) is 22.0 Å². The second kappa shape index (κ2) is 5.40. The maximum absolute atomic E-state index is 12.9. The van der Waals surface area contributed by atoms with Crippen molar-refractivity contribution in [2.24, 2.45) is 0 Å². The number of non-ortho nitro benzene ring substituents is 1. The number of carbonyl (C=O) groups is 1. The lowest BCUT2D eigenvalue weighted by Gasteiger charge is -2.37. The van der Waals surface area contributed by atoms with Crippen LogP contribution in [-0.4, -0.2) is 32.6 Å². The van der Waals surface area contributed by atoms with Crippen molar-refractivity contribution in [3.63, 3.8) is 0 Å². The Morgan fingerprint density at radius 3 is 2.52 bits per heavy atom. The summed E-state index contributed by atoms with van der Waals surface area (Å²) in [7, 11) is 0. The summed E-state index contributed by atoms with van der Waals surface area (Å²) in [6, 6.07) is 5.05. The van der Waals surface area contributed by atoms with Gasteiger partial charge in [0, 0.05) is 34.6 Å². The van der Waals surface area contributed by atoms with E-state index in [4.69, 9.17) is 0 Å². The van der Waals surface area contributed by atoms with Gasteiger partial charge in [-0.25, -0.2) is 0 Å². The van der Waals surface area contributed by atoms with Crippen molar-refractivity contribution in [2.45, 2.75) is 49.5 Å². The fraction of sp³-hybridized carbons (Fsp3) is 0.533. The number of nitro groups is 1. The SMILES string of the molecule is Cc1ccc([N+](=O)[O-])cc1C(=O)N1C2CCC1CC(Br)C2. The molecule has 2 bridgehead atoms. The standard InChI is InChI=1S/C15H17BrN2O3/c1-9-2-3-13(18(20)21)8-14(9)15(19)17-11-4-5-12(17)7-10(16)6-11/h2-3,8,10-12H,4-7H2,1H3. The number of rotatable bonds is 2. The third kappa shape index (κ3) is 2.57. The highest BCUT2D eigenvalue weighted by Crippen LogP contribution is 2.39. The van der Waals surface area contributed by atoms with E-state index in [-0.39, 0.29) is 23.7 Å². The molecule has 1 aromatic carbocycles. The van der Waals surface area contributed by atoms with Crippen molar-refractivity contribution < 1.29 is 9.72 Å². The number of nitrogens with zero attached hydrogens (tertiary/aromatic N) is 2. The van der Waals surface area contributed by atoms with Gasteiger partial charge in [-0.05, 0) is 38.2 Å². The zero-order valence-corrected chi connectivity index (χ0v) is 13.4. The number of aryl methyl sites for hydroxylation is 1. The quantitative estimate of drug-likeness (QED) is 0.465. The van der Waals surface area contributed by atoms with E-state index in [2.05, 4.69) is 15.9 Å². The summed E-state index contributed by atoms with van der Waals surface area (Å²) in [5.74, 6) is -0.0527. The summed E-state index contributed by atoms with van der Waals surface area (Å²) in [6.45, 7) is 1.83. The first-order chi connectivity index (χ1) is 9.97. The largest absolute Gasteiger partial charge is 0.333 e. The lowest BCUT2D eigenvalue weighted by Crippen LogP contribution is -2.47. The van der Waals surface area contributed by atoms with E-state index in [1.165, 1.54) is 12.1 Å². The monoisotopic (exact) mass is 352 g/mol. The molecule has 2 aliphatic rings. The Morgan fingerprint density at radius 2 is 1.95 bits per heavy atom. The van der Waals surface area contributed by atoms with Crippen molar-refractivity contribution >= 4 is 27.5 Å². The number of fused-ring (bicyclic) bond motifs is 2. The summed E-state index contributed by atoms with van der Waals surface area (Å²) >= 11 is 3.66. The third-order valence-corrected chi connectivity index (χ3v) is 5.32. The molecule has 2 atom stereocenters. The maximum atomic E-state index is 12.9. The lowest BCUT2D eigenvalue weighted by molar-refractivity contribution is -0.384. The van der Waals surface area contributed by atoms with Crippen molar-refractivity contribution in [2.75, 3.05) is 0 Å². The van der Waals surface area contributed by atoms with Crippen LogP contribution in [0, 0.1) is 17.0 Å². The van der Waals surface area contributed by atoms with Gasteiger partial charge in [0.1, 0.15) is 0 Å². The molecule has 2 unspecified atom stereocenters. The average molecular weight is 353 g/mol. The topological polar surface area (TPSA) is 63.5 Å². The summed E-state index contributed by atoms with van der Waals surface area (Å²) in [4.78, 5) is 25.8. The van der Waals surface area contributed by atoms with E-state index in [0.29, 0.717) is 10.4 Å². The smallest absolute Gasteiger partial charge is 0.270 e. The van der Waals surface area contributed by atoms with Crippen molar-refractivity contribution in [1.29, 1.82) is 0 Å². The average Bonchev–Trinajstić information content (AvgIpc) is 2.70. The van der Waals surface area contributed by atoms with Crippen LogP contribution < -0.4 is 0 Å². The van der Waals surface area contributed by atoms with Crippen LogP contribution in [0.1, 0.15) is 41.6 Å². The Labute approximate surface area is 131 Å². The molecule has 2 fully saturated rings. The van der Waals surface area contributed by atoms with E-state index in [0.717, 1.165) is 31.2 Å². The van der Waals surface area contributed by atoms with Crippen molar-refractivity contribution in [3.8, 4) is 0 Å². The molecule has 6 heteroatoms. The van der Waals surface area contributed by atoms with Crippen molar-refractivity contribution in [1.82, 2.24) is 4.90 Å². The molecule has 0 saturated carbocycles. The Bertz CT molecular complexity index is 591. The first kappa shape index (κ1) is 14.5. The highest BCUT2D eigenvalue weighted by atomic mass is 79.9. The van der Waals surface area contributed by atoms with Crippen LogP contribution in [-0.2, 0) is 0 Å². The number of hydrogen-bond donors (Lipinski definition) is 0. The van der Waals surface area contributed by atoms with Gasteiger partial charge in [-0.2, -0.15) is 0 Å². The van der Waals surface area contributed by atoms with Gasteiger partial charge in [0.2, 0.25) is 0 Å². The second-order valence-electron chi connectivity index (χ2n) is 5.92. The molecule has 2 saturated heterocycles. The van der Waals surface area contributed by atoms with E-state index < -0.39 is 4.92 Å². The highest BCUT2D eigenvalue weighted by molar-refractivity contribution is 9.09. The predicted molar refractivity (Wildman–Crippen MR) is 82.8 cm³/mol. The number of carbonyl (C=O) groups excluding carboxylic acids is 1. The molecule has 112 valence electrons. The van der Waals surface area contributed by atoms with Gasteiger partial charge >= 0.3 is 0 Å². The van der Waals surface area contributed by atoms with Gasteiger partial charge in [0.25, 0.3) is 11.6 Å². The molecule has 0 N–H and O–H groups in total. The first-order valence-electron chi connectivity index (χ1n) is 7.19. The van der Waals surface area contributed by atoms with E-state index in [1.54, 1.807) is 6.07 Å². The highest BCUT2D eigenvalue weighted by Gasteiger charge is 2.43. The van der Waals surface area contributed by atoms with E-state index >= 15 is 0 Å². The van der Waals surface area contributed by atoms with Crippen LogP contribution in [0.25, 0.3) is 0 Å². The molecule has 3 rings (SSSR count). The molecule has 5 nitrogen and oxygen atoms in total. The van der Waals surface area contributed by atoms with E-state index in [1.807, 2.05) is 11.8 Å². The normalized spacial score (nSPS) is 27.7. The number of hydrogen-bond acceptors (Lipinski definition) is 3. The summed E-state index contributed by atoms with van der Waals surface area (Å²) < 4.78 is 0. The van der Waals surface area contributed by atoms with Crippen LogP contribution in [0.5, 0.6) is 0 Å². The number of halogens is 1. The lowest BCUT2D eigenvalue weighted by atomic mass is 9.99. The minimum atomic E-state index is -0.449. The predicted octanol–water partition coefficient (Wildman–Crippen LogP) is 3.43. The van der Waals surface area contributed by atoms with Crippen molar-refractivity contribution in [3.05, 3.63) is 39.4 Å². The van der Waals surface area contributed by atoms with E-state index in [9.17, 15) is 14.9 Å². The second-order valence-corrected chi connectivity index (χ2v) is 7.22. The Balaban J connectivity index is 1.92. The number of nitro benzene ring substituents is 1. The molecule has 0 radical (unpaired) electrons. The van der Waals surface area contributed by atoms with Crippen LogP contribution in [0.15, 0.2) is 18.2 Å². The molecule has 0 aliphatic carbocycles. The zero-order valence-electron chi connectivity index (χ0n) is 11.8. The fourth-order valence-corrected chi connectivity index (χ4v) is 4.40. The third-order valence-electron chi connectivity index (χ3n) is 4.57. The Morgan fingerprint density at radius 1 is 1.33 bits per heavy atom. The van der Waals surface area contributed by atoms with Gasteiger partial charge in [0.05, 0.1) is 4.92 Å². The van der Waals surface area contributed by atoms with Gasteiger partial charge in [-0.3, -0.25) is 14.9 Å². The molecule has 0 spiro atoms. The van der Waals surface area contributed by atoms with Crippen LogP contribution in [0.3, 0.4) is 0 Å². The molecular formula is C15H17BrN2O3. The van der Waals surface area contributed by atoms with Crippen LogP contribution in [0.4, 0.5) is 5.69 Å². The molecule has 1 aromatic rings. The number of amides is 1. The molecule has 2 heterocycles. The zero-order chi connectivity index (χ0) is 15.1. The first-order valence-corrected chi connectivity index (χ1v) is 8.10. The minimum absolute atomic E-state index is 0.0216. The summed E-state index contributed by atoms with van der Waals surface area (Å²) in [5.41, 5.74) is 1.24. The fourth-order valence-electron chi connectivity index (χ4n) is 3.54.